The summed E-state index contributed by atoms with van der Waals surface area (Å²) in [6, 6.07) is 100. The first-order valence-corrected chi connectivity index (χ1v) is 42.9. The third-order valence-corrected chi connectivity index (χ3v) is 26.3. The Morgan fingerprint density at radius 1 is 0.270 bits per heavy atom. The molecule has 0 saturated heterocycles. The van der Waals surface area contributed by atoms with Crippen LogP contribution in [0.4, 0.5) is 34.1 Å². The van der Waals surface area contributed by atoms with Gasteiger partial charge in [0.25, 0.3) is 6.71 Å². The number of benzene rings is 16. The van der Waals surface area contributed by atoms with Gasteiger partial charge in [-0.25, -0.2) is 0 Å². The number of hydrogen-bond acceptors (Lipinski definition) is 2. The zero-order valence-corrected chi connectivity index (χ0v) is 72.1. The third kappa shape index (κ3) is 12.1. The molecule has 0 bridgehead atoms. The van der Waals surface area contributed by atoms with Crippen LogP contribution in [0.1, 0.15) is 168 Å². The summed E-state index contributed by atoms with van der Waals surface area (Å²) < 4.78 is 103. The van der Waals surface area contributed by atoms with Gasteiger partial charge in [0, 0.05) is 66.7 Å². The van der Waals surface area contributed by atoms with Crippen LogP contribution >= 0.6 is 0 Å². The maximum Gasteiger partial charge on any atom is 0.252 e. The summed E-state index contributed by atoms with van der Waals surface area (Å²) in [5.74, 6) is 0. The van der Waals surface area contributed by atoms with Gasteiger partial charge in [0.1, 0.15) is 0 Å². The van der Waals surface area contributed by atoms with E-state index in [4.69, 9.17) is 2.74 Å². The summed E-state index contributed by atoms with van der Waals surface area (Å²) in [5, 5.41) is 4.58. The van der Waals surface area contributed by atoms with Crippen LogP contribution in [-0.4, -0.2) is 15.8 Å². The van der Waals surface area contributed by atoms with E-state index in [0.29, 0.717) is 33.4 Å². The molecule has 0 fully saturated rings. The van der Waals surface area contributed by atoms with Crippen molar-refractivity contribution in [2.75, 3.05) is 9.80 Å². The number of fused-ring (bicyclic) bond motifs is 13. The number of nitrogens with zero attached hydrogens (tertiary/aromatic N) is 4. The minimum atomic E-state index is -2.17. The molecule has 21 rings (SSSR count). The lowest BCUT2D eigenvalue weighted by Gasteiger charge is -2.46. The van der Waals surface area contributed by atoms with Crippen molar-refractivity contribution < 1.29 is 13.7 Å². The average molecular weight is 1590 g/mol. The lowest BCUT2D eigenvalue weighted by molar-refractivity contribution is 0.590. The van der Waals surface area contributed by atoms with E-state index in [1.54, 1.807) is 0 Å². The molecule has 0 atom stereocenters. The van der Waals surface area contributed by atoms with E-state index in [-0.39, 0.29) is 38.2 Å². The second-order valence-corrected chi connectivity index (χ2v) is 38.9. The third-order valence-electron chi connectivity index (χ3n) is 26.3. The van der Waals surface area contributed by atoms with Crippen molar-refractivity contribution in [2.45, 2.75) is 136 Å². The van der Waals surface area contributed by atoms with E-state index in [2.05, 4.69) is 372 Å². The lowest BCUT2D eigenvalue weighted by Crippen LogP contribution is -2.61. The smallest absolute Gasteiger partial charge is 0.252 e. The van der Waals surface area contributed by atoms with Crippen molar-refractivity contribution in [3.05, 3.63) is 402 Å². The van der Waals surface area contributed by atoms with Crippen molar-refractivity contribution >= 4 is 101 Å². The normalized spacial score (nSPS) is 14.9. The van der Waals surface area contributed by atoms with E-state index in [9.17, 15) is 11.0 Å². The highest BCUT2D eigenvalue weighted by molar-refractivity contribution is 7.00. The Balaban J connectivity index is 0.972. The highest BCUT2D eigenvalue weighted by Gasteiger charge is 2.50. The molecule has 5 heteroatoms. The van der Waals surface area contributed by atoms with Gasteiger partial charge in [-0.3, -0.25) is 0 Å². The molecule has 0 saturated carbocycles. The van der Waals surface area contributed by atoms with Gasteiger partial charge in [0.15, 0.2) is 0 Å². The summed E-state index contributed by atoms with van der Waals surface area (Å²) in [5.41, 5.74) is 26.2. The highest BCUT2D eigenvalue weighted by Crippen LogP contribution is 2.60. The minimum absolute atomic E-state index is 0.161. The molecule has 16 aromatic carbocycles. The molecular formula is C117H103BN4. The quantitative estimate of drug-likeness (QED) is 0.127. The Labute approximate surface area is 734 Å². The number of rotatable bonds is 10. The lowest BCUT2D eigenvalue weighted by atomic mass is 9.33. The van der Waals surface area contributed by atoms with Gasteiger partial charge in [-0.05, 0) is 211 Å². The van der Waals surface area contributed by atoms with Crippen LogP contribution in [0.5, 0.6) is 0 Å². The first-order chi connectivity index (χ1) is 62.8. The second-order valence-electron chi connectivity index (χ2n) is 38.9. The first kappa shape index (κ1) is 65.6. The zero-order chi connectivity index (χ0) is 92.5. The maximum absolute atomic E-state index is 10.3. The van der Waals surface area contributed by atoms with Gasteiger partial charge in [0.2, 0.25) is 0 Å². The molecule has 0 N–H and O–H groups in total. The molecule has 4 heterocycles. The molecule has 1 aliphatic carbocycles. The molecule has 122 heavy (non-hydrogen) atoms. The topological polar surface area (TPSA) is 16.3 Å². The molecule has 4 nitrogen and oxygen atoms in total. The summed E-state index contributed by atoms with van der Waals surface area (Å²) in [6.45, 7) is 33.7. The van der Waals surface area contributed by atoms with E-state index in [1.165, 1.54) is 27.8 Å². The Morgan fingerprint density at radius 2 is 0.697 bits per heavy atom. The number of anilines is 6. The summed E-state index contributed by atoms with van der Waals surface area (Å²) in [6.07, 6.45) is 0. The number of hydrogen-bond donors (Lipinski definition) is 0. The van der Waals surface area contributed by atoms with Gasteiger partial charge in [-0.15, -0.1) is 0 Å². The van der Waals surface area contributed by atoms with Crippen LogP contribution < -0.4 is 26.2 Å². The minimum Gasteiger partial charge on any atom is -0.311 e. The van der Waals surface area contributed by atoms with Crippen molar-refractivity contribution in [1.82, 2.24) is 9.13 Å². The van der Waals surface area contributed by atoms with Crippen LogP contribution in [0.25, 0.3) is 111 Å². The molecule has 2 aliphatic heterocycles. The van der Waals surface area contributed by atoms with Gasteiger partial charge < -0.3 is 18.9 Å². The van der Waals surface area contributed by atoms with Gasteiger partial charge >= 0.3 is 0 Å². The average Bonchev–Trinajstić information content (AvgIpc) is 1.58. The molecular weight excluding hydrogens is 1470 g/mol. The molecule has 18 aromatic rings. The van der Waals surface area contributed by atoms with Crippen LogP contribution in [0.15, 0.2) is 352 Å². The summed E-state index contributed by atoms with van der Waals surface area (Å²) in [7, 11) is 0. The zero-order valence-electron chi connectivity index (χ0n) is 82.1. The SMILES string of the molecule is [2H]c1c([2H])c([2H])c(C2(c3c([2H])c([2H])c([2H])c([2H])c3[2H])c3ccccc3-c3cccc(-c4ccc5c(c4)B4c6ccc(-n7c8ccc(C(C)(C)C)cc8c8cc(C(C)(C)C)ccc87)cc6N(c6ccc(C(C)(C)C)cc6-c6ccccc6)c6cc(-n7c8cc(C(C)(C)C)ccc8c8ccc(C(C)(C)C)cc87)cc(c64)N5c4c(-c5ccccc5)cccc4-c4ccccc4)c32)c([2H])c1[2H]. The molecule has 2 aromatic heterocycles. The fourth-order valence-electron chi connectivity index (χ4n) is 20.0. The van der Waals surface area contributed by atoms with Crippen LogP contribution in [0, 0.1) is 0 Å². The van der Waals surface area contributed by atoms with Gasteiger partial charge in [0.05, 0.1) is 58.3 Å². The van der Waals surface area contributed by atoms with Crippen LogP contribution in [-0.2, 0) is 32.5 Å². The first-order valence-electron chi connectivity index (χ1n) is 47.9. The second kappa shape index (κ2) is 27.9. The van der Waals surface area contributed by atoms with E-state index in [0.717, 1.165) is 139 Å². The van der Waals surface area contributed by atoms with Crippen LogP contribution in [0.2, 0.25) is 0 Å². The standard InChI is InChI=1S/C117H103BN4/c1-112(2,3)80-54-62-100(94(66-80)76-39-25-18-26-40-76)121-106-71-85(119-101-63-55-81(113(4,5)6)67-95(101)96-68-82(114(7,8)9)56-64-102(96)119)57-60-98(106)118-99-65-77(87-46-33-49-93-90-45-31-32-50-97(90)117(109(87)93,78-41-27-19-28-42-78)79-43-29-20-30-44-79)51-61-103(99)122(111-88(74-35-21-16-22-36-74)47-34-48-89(111)75-37-23-17-24-38-75)108-73-86(72-107(121)110(108)118)120-104-69-83(115(10,11)12)52-58-91(104)92-59-53-84(70-105(92)120)116(13,14)15/h16-73H,1-15H3/i19D,20D,27D,28D,29D,30D,41D,42D,43D,44D. The summed E-state index contributed by atoms with van der Waals surface area (Å²) in [4.78, 5) is 5.13. The number of para-hydroxylation sites is 1. The molecule has 0 spiro atoms. The number of aromatic nitrogens is 2. The molecule has 0 radical (unpaired) electrons. The van der Waals surface area contributed by atoms with E-state index < -0.39 is 72.6 Å². The van der Waals surface area contributed by atoms with Crippen molar-refractivity contribution in [2.24, 2.45) is 0 Å². The highest BCUT2D eigenvalue weighted by atomic mass is 15.2. The Kier molecular flexibility index (Phi) is 15.0. The summed E-state index contributed by atoms with van der Waals surface area (Å²) >= 11 is 0. The Morgan fingerprint density at radius 3 is 1.23 bits per heavy atom. The van der Waals surface area contributed by atoms with Gasteiger partial charge in [-0.1, -0.05) is 377 Å². The largest absolute Gasteiger partial charge is 0.311 e. The fraction of sp³-hybridized carbons (Fsp3) is 0.179. The predicted octanol–water partition coefficient (Wildman–Crippen LogP) is 29.5. The van der Waals surface area contributed by atoms with Crippen molar-refractivity contribution in [3.63, 3.8) is 0 Å². The Bertz CT molecular complexity index is 7600. The van der Waals surface area contributed by atoms with E-state index >= 15 is 0 Å². The Hall–Kier alpha value is -13.2. The van der Waals surface area contributed by atoms with E-state index in [1.807, 2.05) is 42.5 Å². The maximum atomic E-state index is 10.3. The predicted molar refractivity (Wildman–Crippen MR) is 522 cm³/mol. The molecule has 0 amide bonds. The molecule has 594 valence electrons. The molecule has 0 unspecified atom stereocenters. The van der Waals surface area contributed by atoms with Crippen molar-refractivity contribution in [3.8, 4) is 67.0 Å². The fourth-order valence-corrected chi connectivity index (χ4v) is 20.0. The van der Waals surface area contributed by atoms with Crippen LogP contribution in [0.3, 0.4) is 0 Å². The monoisotopic (exact) mass is 1580 g/mol. The van der Waals surface area contributed by atoms with Crippen molar-refractivity contribution in [1.29, 1.82) is 0 Å². The van der Waals surface area contributed by atoms with Gasteiger partial charge in [-0.2, -0.15) is 0 Å². The molecule has 3 aliphatic rings.